The molecule has 0 fully saturated rings. The number of hydrogen-bond donors (Lipinski definition) is 1. The second-order valence-corrected chi connectivity index (χ2v) is 8.75. The Morgan fingerprint density at radius 1 is 1.25 bits per heavy atom. The van der Waals surface area contributed by atoms with E-state index < -0.39 is 0 Å². The first kappa shape index (κ1) is 20.3. The maximum atomic E-state index is 12.4. The number of hydrogen-bond acceptors (Lipinski definition) is 6. The number of aromatic nitrogens is 3. The van der Waals surface area contributed by atoms with Gasteiger partial charge in [-0.3, -0.25) is 14.2 Å². The molecule has 1 amide bonds. The van der Waals surface area contributed by atoms with Crippen molar-refractivity contribution < 1.29 is 9.59 Å². The maximum Gasteiger partial charge on any atom is 0.234 e. The molecule has 1 N–H and O–H groups in total. The highest BCUT2D eigenvalue weighted by molar-refractivity contribution is 7.99. The van der Waals surface area contributed by atoms with Crippen LogP contribution in [0.5, 0.6) is 0 Å². The number of carbonyl (C=O) groups excluding carboxylic acids is 2. The van der Waals surface area contributed by atoms with E-state index in [1.165, 1.54) is 23.6 Å². The van der Waals surface area contributed by atoms with Crippen molar-refractivity contribution in [2.45, 2.75) is 38.9 Å². The van der Waals surface area contributed by atoms with Gasteiger partial charge in [-0.25, -0.2) is 0 Å². The first-order valence-electron chi connectivity index (χ1n) is 8.89. The molecule has 3 aromatic rings. The quantitative estimate of drug-likeness (QED) is 0.443. The van der Waals surface area contributed by atoms with Gasteiger partial charge in [-0.05, 0) is 45.9 Å². The van der Waals surface area contributed by atoms with Gasteiger partial charge in [0.05, 0.1) is 5.75 Å². The highest BCUT2D eigenvalue weighted by Crippen LogP contribution is 2.30. The Labute approximate surface area is 172 Å². The minimum atomic E-state index is -0.156. The van der Waals surface area contributed by atoms with E-state index in [0.29, 0.717) is 16.4 Å². The van der Waals surface area contributed by atoms with Gasteiger partial charge in [0.1, 0.15) is 0 Å². The van der Waals surface area contributed by atoms with Crippen LogP contribution >= 0.6 is 23.1 Å². The van der Waals surface area contributed by atoms with Crippen LogP contribution in [0.1, 0.15) is 42.0 Å². The average molecular weight is 415 g/mol. The molecule has 2 aromatic heterocycles. The number of nitrogens with one attached hydrogen (secondary N) is 1. The maximum absolute atomic E-state index is 12.4. The van der Waals surface area contributed by atoms with Crippen molar-refractivity contribution in [3.8, 4) is 11.4 Å². The van der Waals surface area contributed by atoms with Crippen molar-refractivity contribution >= 4 is 40.5 Å². The van der Waals surface area contributed by atoms with Crippen molar-refractivity contribution in [1.82, 2.24) is 14.8 Å². The van der Waals surface area contributed by atoms with Gasteiger partial charge >= 0.3 is 0 Å². The van der Waals surface area contributed by atoms with Gasteiger partial charge in [0.15, 0.2) is 16.8 Å². The Morgan fingerprint density at radius 3 is 2.68 bits per heavy atom. The molecule has 2 heterocycles. The van der Waals surface area contributed by atoms with Crippen LogP contribution < -0.4 is 5.32 Å². The van der Waals surface area contributed by atoms with Gasteiger partial charge in [0.2, 0.25) is 5.91 Å². The molecule has 0 unspecified atom stereocenters. The van der Waals surface area contributed by atoms with Crippen LogP contribution in [-0.4, -0.2) is 32.2 Å². The monoisotopic (exact) mass is 414 g/mol. The van der Waals surface area contributed by atoms with E-state index in [1.54, 1.807) is 35.6 Å². The number of thiophene rings is 1. The molecule has 0 radical (unpaired) electrons. The summed E-state index contributed by atoms with van der Waals surface area (Å²) in [5.41, 5.74) is 2.22. The Kier molecular flexibility index (Phi) is 6.31. The SMILES string of the molecule is CC(=O)c1cccc(NC(=O)CSc2nnc(-c3csc(C)c3)n2C(C)C)c1. The molecule has 0 saturated carbocycles. The molecule has 0 aliphatic rings. The topological polar surface area (TPSA) is 76.9 Å². The molecule has 0 saturated heterocycles. The summed E-state index contributed by atoms with van der Waals surface area (Å²) in [6.07, 6.45) is 0. The average Bonchev–Trinajstić information content (AvgIpc) is 3.26. The second kappa shape index (κ2) is 8.70. The summed E-state index contributed by atoms with van der Waals surface area (Å²) in [4.78, 5) is 25.1. The summed E-state index contributed by atoms with van der Waals surface area (Å²) in [5.74, 6) is 0.831. The Balaban J connectivity index is 1.70. The summed E-state index contributed by atoms with van der Waals surface area (Å²) >= 11 is 3.02. The van der Waals surface area contributed by atoms with E-state index in [9.17, 15) is 9.59 Å². The molecule has 6 nitrogen and oxygen atoms in total. The Morgan fingerprint density at radius 2 is 2.04 bits per heavy atom. The smallest absolute Gasteiger partial charge is 0.234 e. The molecule has 28 heavy (non-hydrogen) atoms. The van der Waals surface area contributed by atoms with Crippen LogP contribution in [0, 0.1) is 6.92 Å². The van der Waals surface area contributed by atoms with Crippen LogP contribution in [-0.2, 0) is 4.79 Å². The van der Waals surface area contributed by atoms with Gasteiger partial charge in [-0.1, -0.05) is 23.9 Å². The fraction of sp³-hybridized carbons (Fsp3) is 0.300. The first-order chi connectivity index (χ1) is 13.3. The standard InChI is InChI=1S/C20H22N4O2S2/c1-12(2)24-19(16-8-13(3)27-10-16)22-23-20(24)28-11-18(26)21-17-7-5-6-15(9-17)14(4)25/h5-10,12H,11H2,1-4H3,(H,21,26). The molecule has 3 rings (SSSR count). The first-order valence-corrected chi connectivity index (χ1v) is 10.8. The summed E-state index contributed by atoms with van der Waals surface area (Å²) < 4.78 is 2.05. The van der Waals surface area contributed by atoms with Crippen molar-refractivity contribution in [3.63, 3.8) is 0 Å². The Bertz CT molecular complexity index is 1010. The lowest BCUT2D eigenvalue weighted by molar-refractivity contribution is -0.113. The number of carbonyl (C=O) groups is 2. The normalized spacial score (nSPS) is 11.0. The predicted molar refractivity (Wildman–Crippen MR) is 114 cm³/mol. The third-order valence-corrected chi connectivity index (χ3v) is 5.86. The third-order valence-electron chi connectivity index (χ3n) is 4.05. The highest BCUT2D eigenvalue weighted by atomic mass is 32.2. The molecule has 8 heteroatoms. The third kappa shape index (κ3) is 4.69. The summed E-state index contributed by atoms with van der Waals surface area (Å²) in [6, 6.07) is 9.19. The van der Waals surface area contributed by atoms with Gasteiger partial charge in [0.25, 0.3) is 0 Å². The fourth-order valence-corrected chi connectivity index (χ4v) is 4.29. The summed E-state index contributed by atoms with van der Waals surface area (Å²) in [6.45, 7) is 7.71. The van der Waals surface area contributed by atoms with Gasteiger partial charge in [-0.2, -0.15) is 0 Å². The number of Topliss-reactive ketones (excluding diaryl/α,β-unsaturated/α-hetero) is 1. The zero-order chi connectivity index (χ0) is 20.3. The van der Waals surface area contributed by atoms with Crippen molar-refractivity contribution in [1.29, 1.82) is 0 Å². The van der Waals surface area contributed by atoms with Gasteiger partial charge in [-0.15, -0.1) is 21.5 Å². The van der Waals surface area contributed by atoms with Crippen molar-refractivity contribution in [2.24, 2.45) is 0 Å². The number of anilines is 1. The van der Waals surface area contributed by atoms with Crippen LogP contribution in [0.3, 0.4) is 0 Å². The van der Waals surface area contributed by atoms with E-state index in [-0.39, 0.29) is 23.5 Å². The zero-order valence-electron chi connectivity index (χ0n) is 16.2. The molecule has 146 valence electrons. The molecule has 0 atom stereocenters. The van der Waals surface area contributed by atoms with Crippen molar-refractivity contribution in [3.05, 3.63) is 46.2 Å². The molecule has 0 bridgehead atoms. The van der Waals surface area contributed by atoms with Gasteiger partial charge < -0.3 is 5.32 Å². The van der Waals surface area contributed by atoms with Gasteiger partial charge in [0, 0.05) is 33.1 Å². The molecule has 0 aliphatic carbocycles. The zero-order valence-corrected chi connectivity index (χ0v) is 17.9. The number of benzene rings is 1. The predicted octanol–water partition coefficient (Wildman–Crippen LogP) is 4.83. The summed E-state index contributed by atoms with van der Waals surface area (Å²) in [5, 5.41) is 14.2. The van der Waals surface area contributed by atoms with E-state index >= 15 is 0 Å². The largest absolute Gasteiger partial charge is 0.325 e. The van der Waals surface area contributed by atoms with E-state index in [2.05, 4.69) is 52.3 Å². The number of nitrogens with zero attached hydrogens (tertiary/aromatic N) is 3. The molecular weight excluding hydrogens is 392 g/mol. The number of thioether (sulfide) groups is 1. The van der Waals surface area contributed by atoms with Crippen LogP contribution in [0.2, 0.25) is 0 Å². The van der Waals surface area contributed by atoms with Crippen LogP contribution in [0.4, 0.5) is 5.69 Å². The van der Waals surface area contributed by atoms with E-state index in [4.69, 9.17) is 0 Å². The van der Waals surface area contributed by atoms with E-state index in [1.807, 2.05) is 0 Å². The molecule has 0 spiro atoms. The number of rotatable bonds is 7. The molecule has 0 aliphatic heterocycles. The second-order valence-electron chi connectivity index (χ2n) is 6.69. The minimum Gasteiger partial charge on any atom is -0.325 e. The summed E-state index contributed by atoms with van der Waals surface area (Å²) in [7, 11) is 0. The lowest BCUT2D eigenvalue weighted by Crippen LogP contribution is -2.15. The van der Waals surface area contributed by atoms with Crippen LogP contribution in [0.15, 0.2) is 40.9 Å². The van der Waals surface area contributed by atoms with Crippen LogP contribution in [0.25, 0.3) is 11.4 Å². The lowest BCUT2D eigenvalue weighted by Gasteiger charge is -2.13. The molecule has 1 aromatic carbocycles. The van der Waals surface area contributed by atoms with E-state index in [0.717, 1.165) is 11.4 Å². The number of ketones is 1. The van der Waals surface area contributed by atoms with Crippen molar-refractivity contribution in [2.75, 3.05) is 11.1 Å². The minimum absolute atomic E-state index is 0.0355. The number of aryl methyl sites for hydroxylation is 1. The fourth-order valence-electron chi connectivity index (χ4n) is 2.74. The highest BCUT2D eigenvalue weighted by Gasteiger charge is 2.18. The number of amides is 1. The lowest BCUT2D eigenvalue weighted by atomic mass is 10.1. The molecular formula is C20H22N4O2S2. The Hall–Kier alpha value is -2.45.